The minimum absolute atomic E-state index is 0.0278. The first-order valence-corrected chi connectivity index (χ1v) is 8.14. The van der Waals surface area contributed by atoms with E-state index in [-0.39, 0.29) is 5.91 Å². The molecule has 0 saturated heterocycles. The van der Waals surface area contributed by atoms with E-state index in [1.165, 1.54) is 32.1 Å². The summed E-state index contributed by atoms with van der Waals surface area (Å²) in [6.07, 6.45) is 9.52. The Kier molecular flexibility index (Phi) is 6.39. The summed E-state index contributed by atoms with van der Waals surface area (Å²) < 4.78 is 0. The molecule has 0 atom stereocenters. The summed E-state index contributed by atoms with van der Waals surface area (Å²) in [5, 5.41) is 6.34. The molecule has 1 aliphatic carbocycles. The number of hydrogen-bond donors (Lipinski definition) is 2. The number of carbonyl (C=O) groups is 1. The average molecular weight is 326 g/mol. The highest BCUT2D eigenvalue weighted by molar-refractivity contribution is 7.80. The number of pyridine rings is 1. The summed E-state index contributed by atoms with van der Waals surface area (Å²) in [5.74, 6) is 0.673. The Hall–Kier alpha value is -1.20. The van der Waals surface area contributed by atoms with E-state index in [0.717, 1.165) is 6.42 Å². The van der Waals surface area contributed by atoms with Gasteiger partial charge in [-0.15, -0.1) is 0 Å². The average Bonchev–Trinajstić information content (AvgIpc) is 2.48. The second-order valence-electron chi connectivity index (χ2n) is 5.41. The largest absolute Gasteiger partial charge is 0.331 e. The van der Waals surface area contributed by atoms with Crippen LogP contribution in [0.15, 0.2) is 18.3 Å². The fourth-order valence-corrected chi connectivity index (χ4v) is 2.96. The van der Waals surface area contributed by atoms with Crippen molar-refractivity contribution in [3.63, 3.8) is 0 Å². The first-order chi connectivity index (χ1) is 10.1. The summed E-state index contributed by atoms with van der Waals surface area (Å²) in [6.45, 7) is 0. The van der Waals surface area contributed by atoms with Gasteiger partial charge in [-0.25, -0.2) is 4.98 Å². The lowest BCUT2D eigenvalue weighted by atomic mass is 9.86. The van der Waals surface area contributed by atoms with Gasteiger partial charge in [0, 0.05) is 6.42 Å². The van der Waals surface area contributed by atoms with Crippen LogP contribution in [-0.2, 0) is 4.79 Å². The van der Waals surface area contributed by atoms with Crippen LogP contribution in [-0.4, -0.2) is 16.0 Å². The molecule has 1 aromatic rings. The number of hydrogen-bond acceptors (Lipinski definition) is 3. The molecule has 4 nitrogen and oxygen atoms in total. The zero-order valence-corrected chi connectivity index (χ0v) is 13.5. The van der Waals surface area contributed by atoms with Crippen molar-refractivity contribution in [2.24, 2.45) is 5.92 Å². The first kappa shape index (κ1) is 16.2. The Labute approximate surface area is 135 Å². The molecule has 1 fully saturated rings. The molecule has 1 saturated carbocycles. The van der Waals surface area contributed by atoms with Crippen molar-refractivity contribution in [2.45, 2.75) is 44.9 Å². The minimum Gasteiger partial charge on any atom is -0.331 e. The first-order valence-electron chi connectivity index (χ1n) is 7.36. The number of anilines is 1. The van der Waals surface area contributed by atoms with Crippen LogP contribution in [0.1, 0.15) is 44.9 Å². The van der Waals surface area contributed by atoms with E-state index in [1.807, 2.05) is 0 Å². The van der Waals surface area contributed by atoms with Gasteiger partial charge in [0.2, 0.25) is 5.91 Å². The van der Waals surface area contributed by atoms with E-state index in [0.29, 0.717) is 28.3 Å². The minimum atomic E-state index is -0.0278. The lowest BCUT2D eigenvalue weighted by Gasteiger charge is -2.21. The quantitative estimate of drug-likeness (QED) is 0.651. The molecule has 1 heterocycles. The van der Waals surface area contributed by atoms with Crippen LogP contribution in [0.4, 0.5) is 5.69 Å². The van der Waals surface area contributed by atoms with Crippen LogP contribution < -0.4 is 10.6 Å². The summed E-state index contributed by atoms with van der Waals surface area (Å²) in [7, 11) is 0. The van der Waals surface area contributed by atoms with Crippen molar-refractivity contribution >= 4 is 40.5 Å². The molecule has 0 spiro atoms. The Morgan fingerprint density at radius 3 is 2.76 bits per heavy atom. The highest BCUT2D eigenvalue weighted by atomic mass is 35.5. The van der Waals surface area contributed by atoms with Gasteiger partial charge in [0.05, 0.1) is 11.9 Å². The maximum Gasteiger partial charge on any atom is 0.226 e. The van der Waals surface area contributed by atoms with Crippen LogP contribution in [0.3, 0.4) is 0 Å². The van der Waals surface area contributed by atoms with Crippen molar-refractivity contribution in [3.05, 3.63) is 23.5 Å². The smallest absolute Gasteiger partial charge is 0.226 e. The maximum absolute atomic E-state index is 11.9. The number of carbonyl (C=O) groups excluding carboxylic acids is 1. The molecule has 114 valence electrons. The van der Waals surface area contributed by atoms with Gasteiger partial charge >= 0.3 is 0 Å². The molecule has 0 unspecified atom stereocenters. The van der Waals surface area contributed by atoms with Crippen LogP contribution in [0.25, 0.3) is 0 Å². The standard InChI is InChI=1S/C15H20ClN3OS/c16-13-8-7-12(10-17-13)18-15(21)19-14(20)9-6-11-4-2-1-3-5-11/h7-8,10-11H,1-6,9H2,(H2,18,19,20,21). The van der Waals surface area contributed by atoms with Crippen molar-refractivity contribution in [2.75, 3.05) is 5.32 Å². The van der Waals surface area contributed by atoms with Gasteiger partial charge in [-0.3, -0.25) is 4.79 Å². The zero-order valence-electron chi connectivity index (χ0n) is 11.9. The molecular formula is C15H20ClN3OS. The molecule has 0 bridgehead atoms. The van der Waals surface area contributed by atoms with E-state index < -0.39 is 0 Å². The predicted octanol–water partition coefficient (Wildman–Crippen LogP) is 3.91. The van der Waals surface area contributed by atoms with Crippen molar-refractivity contribution in [1.29, 1.82) is 0 Å². The highest BCUT2D eigenvalue weighted by Gasteiger charge is 2.15. The van der Waals surface area contributed by atoms with E-state index in [9.17, 15) is 4.79 Å². The SMILES string of the molecule is O=C(CCC1CCCCC1)NC(=S)Nc1ccc(Cl)nc1. The van der Waals surface area contributed by atoms with Gasteiger partial charge in [0.25, 0.3) is 0 Å². The third-order valence-corrected chi connectivity index (χ3v) is 4.17. The number of rotatable bonds is 4. The number of aromatic nitrogens is 1. The predicted molar refractivity (Wildman–Crippen MR) is 89.4 cm³/mol. The summed E-state index contributed by atoms with van der Waals surface area (Å²) in [6, 6.07) is 3.42. The Morgan fingerprint density at radius 1 is 1.33 bits per heavy atom. The lowest BCUT2D eigenvalue weighted by molar-refractivity contribution is -0.120. The monoisotopic (exact) mass is 325 g/mol. The van der Waals surface area contributed by atoms with Gasteiger partial charge in [0.1, 0.15) is 5.15 Å². The number of nitrogens with one attached hydrogen (secondary N) is 2. The molecular weight excluding hydrogens is 306 g/mol. The van der Waals surface area contributed by atoms with Gasteiger partial charge in [-0.05, 0) is 36.7 Å². The zero-order chi connectivity index (χ0) is 15.1. The fraction of sp³-hybridized carbons (Fsp3) is 0.533. The Bertz CT molecular complexity index is 486. The molecule has 0 radical (unpaired) electrons. The molecule has 0 aliphatic heterocycles. The van der Waals surface area contributed by atoms with Crippen LogP contribution >= 0.6 is 23.8 Å². The summed E-state index contributed by atoms with van der Waals surface area (Å²) >= 11 is 10.8. The van der Waals surface area contributed by atoms with E-state index in [2.05, 4.69) is 15.6 Å². The van der Waals surface area contributed by atoms with Crippen LogP contribution in [0.2, 0.25) is 5.15 Å². The van der Waals surface area contributed by atoms with Crippen molar-refractivity contribution in [1.82, 2.24) is 10.3 Å². The normalized spacial score (nSPS) is 15.5. The second-order valence-corrected chi connectivity index (χ2v) is 6.21. The summed E-state index contributed by atoms with van der Waals surface area (Å²) in [5.41, 5.74) is 0.706. The van der Waals surface area contributed by atoms with Crippen molar-refractivity contribution < 1.29 is 4.79 Å². The van der Waals surface area contributed by atoms with Gasteiger partial charge in [-0.2, -0.15) is 0 Å². The number of thiocarbonyl (C=S) groups is 1. The molecule has 21 heavy (non-hydrogen) atoms. The third kappa shape index (κ3) is 5.98. The topological polar surface area (TPSA) is 54.0 Å². The molecule has 1 aromatic heterocycles. The Morgan fingerprint density at radius 2 is 2.10 bits per heavy atom. The van der Waals surface area contributed by atoms with Crippen molar-refractivity contribution in [3.8, 4) is 0 Å². The van der Waals surface area contributed by atoms with Gasteiger partial charge in [-0.1, -0.05) is 43.7 Å². The number of nitrogens with zero attached hydrogens (tertiary/aromatic N) is 1. The molecule has 0 aromatic carbocycles. The van der Waals surface area contributed by atoms with Crippen LogP contribution in [0, 0.1) is 5.92 Å². The van der Waals surface area contributed by atoms with E-state index in [4.69, 9.17) is 23.8 Å². The molecule has 6 heteroatoms. The van der Waals surface area contributed by atoms with Gasteiger partial charge in [0.15, 0.2) is 5.11 Å². The van der Waals surface area contributed by atoms with E-state index >= 15 is 0 Å². The van der Waals surface area contributed by atoms with Gasteiger partial charge < -0.3 is 10.6 Å². The fourth-order valence-electron chi connectivity index (χ4n) is 2.61. The maximum atomic E-state index is 11.9. The second kappa shape index (κ2) is 8.29. The summed E-state index contributed by atoms with van der Waals surface area (Å²) in [4.78, 5) is 15.8. The lowest BCUT2D eigenvalue weighted by Crippen LogP contribution is -2.34. The van der Waals surface area contributed by atoms with E-state index in [1.54, 1.807) is 18.3 Å². The molecule has 1 aliphatic rings. The number of amides is 1. The highest BCUT2D eigenvalue weighted by Crippen LogP contribution is 2.27. The van der Waals surface area contributed by atoms with Crippen LogP contribution in [0.5, 0.6) is 0 Å². The Balaban J connectivity index is 1.69. The molecule has 1 amide bonds. The third-order valence-electron chi connectivity index (χ3n) is 3.74. The molecule has 2 N–H and O–H groups in total. The molecule has 2 rings (SSSR count). The number of halogens is 1.